The van der Waals surface area contributed by atoms with Crippen LogP contribution in [0, 0.1) is 0 Å². The SMILES string of the molecule is O=C(O)Cn1cccc1CN1CCc2nc(C3CC3)ncc2C1. The number of nitrogens with zero attached hydrogens (tertiary/aromatic N) is 4. The number of carboxylic acids is 1. The average molecular weight is 312 g/mol. The third-order valence-electron chi connectivity index (χ3n) is 4.59. The second kappa shape index (κ2) is 5.77. The molecule has 23 heavy (non-hydrogen) atoms. The van der Waals surface area contributed by atoms with Crippen LogP contribution in [0.2, 0.25) is 0 Å². The molecule has 0 saturated heterocycles. The maximum atomic E-state index is 10.9. The van der Waals surface area contributed by atoms with Gasteiger partial charge in [0.15, 0.2) is 0 Å². The van der Waals surface area contributed by atoms with Gasteiger partial charge in [-0.1, -0.05) is 0 Å². The third kappa shape index (κ3) is 3.12. The quantitative estimate of drug-likeness (QED) is 0.911. The Morgan fingerprint density at radius 3 is 3.04 bits per heavy atom. The molecule has 1 aliphatic carbocycles. The van der Waals surface area contributed by atoms with E-state index in [1.807, 2.05) is 24.5 Å². The zero-order valence-electron chi connectivity index (χ0n) is 13.0. The van der Waals surface area contributed by atoms with E-state index in [2.05, 4.69) is 9.88 Å². The predicted molar refractivity (Wildman–Crippen MR) is 83.9 cm³/mol. The van der Waals surface area contributed by atoms with E-state index in [0.717, 1.165) is 37.6 Å². The molecule has 0 amide bonds. The van der Waals surface area contributed by atoms with Crippen molar-refractivity contribution < 1.29 is 9.90 Å². The smallest absolute Gasteiger partial charge is 0.323 e. The van der Waals surface area contributed by atoms with Gasteiger partial charge >= 0.3 is 5.97 Å². The zero-order valence-corrected chi connectivity index (χ0v) is 13.0. The first-order chi connectivity index (χ1) is 11.2. The van der Waals surface area contributed by atoms with Gasteiger partial charge in [-0.05, 0) is 25.0 Å². The minimum absolute atomic E-state index is 0.0145. The Morgan fingerprint density at radius 1 is 1.39 bits per heavy atom. The van der Waals surface area contributed by atoms with Crippen LogP contribution in [0.5, 0.6) is 0 Å². The maximum Gasteiger partial charge on any atom is 0.323 e. The van der Waals surface area contributed by atoms with Gasteiger partial charge in [-0.25, -0.2) is 9.97 Å². The lowest BCUT2D eigenvalue weighted by Crippen LogP contribution is -2.32. The van der Waals surface area contributed by atoms with Crippen molar-refractivity contribution in [2.24, 2.45) is 0 Å². The van der Waals surface area contributed by atoms with Crippen molar-refractivity contribution >= 4 is 5.97 Å². The van der Waals surface area contributed by atoms with E-state index in [4.69, 9.17) is 10.1 Å². The van der Waals surface area contributed by atoms with Gasteiger partial charge in [-0.3, -0.25) is 9.69 Å². The summed E-state index contributed by atoms with van der Waals surface area (Å²) in [5, 5.41) is 8.97. The van der Waals surface area contributed by atoms with Crippen LogP contribution in [0.4, 0.5) is 0 Å². The molecule has 0 spiro atoms. The van der Waals surface area contributed by atoms with Gasteiger partial charge < -0.3 is 9.67 Å². The number of hydrogen-bond donors (Lipinski definition) is 1. The minimum Gasteiger partial charge on any atom is -0.480 e. The number of carboxylic acid groups (broad SMARTS) is 1. The summed E-state index contributed by atoms with van der Waals surface area (Å²) in [6, 6.07) is 3.90. The first-order valence-electron chi connectivity index (χ1n) is 8.12. The summed E-state index contributed by atoms with van der Waals surface area (Å²) in [5.41, 5.74) is 3.43. The van der Waals surface area contributed by atoms with Gasteiger partial charge in [0, 0.05) is 61.3 Å². The van der Waals surface area contributed by atoms with Crippen molar-refractivity contribution in [1.82, 2.24) is 19.4 Å². The van der Waals surface area contributed by atoms with E-state index >= 15 is 0 Å². The predicted octanol–water partition coefficient (Wildman–Crippen LogP) is 1.80. The lowest BCUT2D eigenvalue weighted by atomic mass is 10.1. The van der Waals surface area contributed by atoms with Gasteiger partial charge in [0.2, 0.25) is 0 Å². The average Bonchev–Trinajstić information content (AvgIpc) is 3.30. The molecule has 1 aliphatic heterocycles. The van der Waals surface area contributed by atoms with E-state index in [1.54, 1.807) is 4.57 Å². The van der Waals surface area contributed by atoms with Crippen LogP contribution in [-0.4, -0.2) is 37.1 Å². The highest BCUT2D eigenvalue weighted by Crippen LogP contribution is 2.38. The molecule has 1 fully saturated rings. The topological polar surface area (TPSA) is 71.2 Å². The standard InChI is InChI=1S/C17H20N4O2/c22-16(23)11-21-6-1-2-14(21)10-20-7-5-15-13(9-20)8-18-17(19-15)12-3-4-12/h1-2,6,8,12H,3-5,7,9-11H2,(H,22,23). The van der Waals surface area contributed by atoms with E-state index in [1.165, 1.54) is 24.1 Å². The number of aromatic nitrogens is 3. The van der Waals surface area contributed by atoms with Crippen LogP contribution in [0.3, 0.4) is 0 Å². The highest BCUT2D eigenvalue weighted by molar-refractivity contribution is 5.66. The van der Waals surface area contributed by atoms with Crippen molar-refractivity contribution in [1.29, 1.82) is 0 Å². The van der Waals surface area contributed by atoms with Gasteiger partial charge in [0.1, 0.15) is 12.4 Å². The summed E-state index contributed by atoms with van der Waals surface area (Å²) in [4.78, 5) is 22.5. The van der Waals surface area contributed by atoms with Crippen LogP contribution in [0.25, 0.3) is 0 Å². The summed E-state index contributed by atoms with van der Waals surface area (Å²) in [5.74, 6) is 0.803. The van der Waals surface area contributed by atoms with Crippen LogP contribution >= 0.6 is 0 Å². The molecule has 0 bridgehead atoms. The fraction of sp³-hybridized carbons (Fsp3) is 0.471. The normalized spacial score (nSPS) is 17.9. The van der Waals surface area contributed by atoms with Gasteiger partial charge in [0.25, 0.3) is 0 Å². The van der Waals surface area contributed by atoms with Crippen molar-refractivity contribution in [2.45, 2.75) is 44.8 Å². The molecule has 2 aromatic heterocycles. The minimum atomic E-state index is -0.813. The van der Waals surface area contributed by atoms with Gasteiger partial charge in [-0.15, -0.1) is 0 Å². The second-order valence-electron chi connectivity index (χ2n) is 6.46. The molecule has 0 unspecified atom stereocenters. The Morgan fingerprint density at radius 2 is 2.26 bits per heavy atom. The maximum absolute atomic E-state index is 10.9. The third-order valence-corrected chi connectivity index (χ3v) is 4.59. The van der Waals surface area contributed by atoms with E-state index < -0.39 is 5.97 Å². The zero-order chi connectivity index (χ0) is 15.8. The van der Waals surface area contributed by atoms with Crippen LogP contribution in [-0.2, 0) is 30.8 Å². The van der Waals surface area contributed by atoms with Crippen molar-refractivity contribution in [3.05, 3.63) is 47.3 Å². The number of hydrogen-bond acceptors (Lipinski definition) is 4. The Balaban J connectivity index is 1.46. The summed E-state index contributed by atoms with van der Waals surface area (Å²) in [7, 11) is 0. The van der Waals surface area contributed by atoms with Crippen molar-refractivity contribution in [2.75, 3.05) is 6.54 Å². The van der Waals surface area contributed by atoms with E-state index in [-0.39, 0.29) is 6.54 Å². The summed E-state index contributed by atoms with van der Waals surface area (Å²) < 4.78 is 1.80. The van der Waals surface area contributed by atoms with Gasteiger partial charge in [0.05, 0.1) is 0 Å². The largest absolute Gasteiger partial charge is 0.480 e. The molecule has 2 aromatic rings. The molecule has 1 N–H and O–H groups in total. The number of aliphatic carboxylic acids is 1. The fourth-order valence-corrected chi connectivity index (χ4v) is 3.19. The first-order valence-corrected chi connectivity index (χ1v) is 8.12. The highest BCUT2D eigenvalue weighted by atomic mass is 16.4. The van der Waals surface area contributed by atoms with E-state index in [9.17, 15) is 4.79 Å². The lowest BCUT2D eigenvalue weighted by Gasteiger charge is -2.28. The monoisotopic (exact) mass is 312 g/mol. The molecule has 6 heteroatoms. The Kier molecular flexibility index (Phi) is 3.61. The summed E-state index contributed by atoms with van der Waals surface area (Å²) in [6.07, 6.45) is 7.21. The second-order valence-corrected chi connectivity index (χ2v) is 6.46. The lowest BCUT2D eigenvalue weighted by molar-refractivity contribution is -0.137. The summed E-state index contributed by atoms with van der Waals surface area (Å²) in [6.45, 7) is 2.55. The number of rotatable bonds is 5. The van der Waals surface area contributed by atoms with Crippen LogP contribution in [0.1, 0.15) is 41.5 Å². The Bertz CT molecular complexity index is 736. The Labute approximate surface area is 134 Å². The highest BCUT2D eigenvalue weighted by Gasteiger charge is 2.28. The molecule has 4 rings (SSSR count). The number of carbonyl (C=O) groups is 1. The molecule has 2 aliphatic rings. The van der Waals surface area contributed by atoms with Crippen LogP contribution < -0.4 is 0 Å². The first kappa shape index (κ1) is 14.4. The molecule has 120 valence electrons. The summed E-state index contributed by atoms with van der Waals surface area (Å²) >= 11 is 0. The van der Waals surface area contributed by atoms with E-state index in [0.29, 0.717) is 5.92 Å². The van der Waals surface area contributed by atoms with Crippen molar-refractivity contribution in [3.8, 4) is 0 Å². The fourth-order valence-electron chi connectivity index (χ4n) is 3.19. The molecule has 6 nitrogen and oxygen atoms in total. The molecular formula is C17H20N4O2. The Hall–Kier alpha value is -2.21. The molecular weight excluding hydrogens is 292 g/mol. The molecule has 3 heterocycles. The van der Waals surface area contributed by atoms with Gasteiger partial charge in [-0.2, -0.15) is 0 Å². The van der Waals surface area contributed by atoms with Crippen LogP contribution in [0.15, 0.2) is 24.5 Å². The molecule has 1 saturated carbocycles. The molecule has 0 radical (unpaired) electrons. The van der Waals surface area contributed by atoms with Crippen molar-refractivity contribution in [3.63, 3.8) is 0 Å². The molecule has 0 atom stereocenters. The molecule has 0 aromatic carbocycles. The number of fused-ring (bicyclic) bond motifs is 1.